The molecule has 0 spiro atoms. The quantitative estimate of drug-likeness (QED) is 0.705. The first-order valence-corrected chi connectivity index (χ1v) is 5.00. The molecule has 0 bridgehead atoms. The number of hydrogen-bond donors (Lipinski definition) is 0. The summed E-state index contributed by atoms with van der Waals surface area (Å²) in [7, 11) is 0. The summed E-state index contributed by atoms with van der Waals surface area (Å²) in [5.74, 6) is 0.825. The molecule has 13 heavy (non-hydrogen) atoms. The number of hydrogen-bond acceptors (Lipinski definition) is 2. The number of carbonyl (C=O) groups excluding carboxylic acids is 1. The van der Waals surface area contributed by atoms with Crippen LogP contribution >= 0.6 is 15.9 Å². The van der Waals surface area contributed by atoms with E-state index in [0.29, 0.717) is 0 Å². The predicted molar refractivity (Wildman–Crippen MR) is 52.9 cm³/mol. The van der Waals surface area contributed by atoms with Gasteiger partial charge in [-0.05, 0) is 40.4 Å². The third kappa shape index (κ3) is 1.61. The Morgan fingerprint density at radius 2 is 2.38 bits per heavy atom. The molecule has 0 saturated heterocycles. The number of rotatable bonds is 1. The first-order valence-electron chi connectivity index (χ1n) is 4.20. The zero-order valence-electron chi connectivity index (χ0n) is 7.00. The van der Waals surface area contributed by atoms with Crippen LogP contribution in [0.25, 0.3) is 0 Å². The zero-order chi connectivity index (χ0) is 9.26. The Morgan fingerprint density at radius 1 is 1.54 bits per heavy atom. The maximum atomic E-state index is 10.5. The minimum absolute atomic E-state index is 0.272. The van der Waals surface area contributed by atoms with Crippen LogP contribution in [0, 0.1) is 0 Å². The van der Waals surface area contributed by atoms with Crippen LogP contribution in [0.2, 0.25) is 0 Å². The van der Waals surface area contributed by atoms with E-state index in [1.54, 1.807) is 0 Å². The molecule has 1 heterocycles. The average molecular weight is 241 g/mol. The summed E-state index contributed by atoms with van der Waals surface area (Å²) in [6, 6.07) is 5.93. The van der Waals surface area contributed by atoms with E-state index in [9.17, 15) is 4.79 Å². The number of benzene rings is 1. The Morgan fingerprint density at radius 3 is 3.15 bits per heavy atom. The second kappa shape index (κ2) is 3.50. The van der Waals surface area contributed by atoms with Crippen molar-refractivity contribution >= 4 is 22.2 Å². The summed E-state index contributed by atoms with van der Waals surface area (Å²) in [6.07, 6.45) is 2.29. The molecule has 1 atom stereocenters. The van der Waals surface area contributed by atoms with Crippen molar-refractivity contribution in [2.45, 2.75) is 18.9 Å². The number of fused-ring (bicyclic) bond motifs is 1. The molecule has 0 N–H and O–H groups in total. The fraction of sp³-hybridized carbons (Fsp3) is 0.300. The summed E-state index contributed by atoms with van der Waals surface area (Å²) < 4.78 is 6.42. The van der Waals surface area contributed by atoms with Crippen LogP contribution in [-0.2, 0) is 11.2 Å². The molecule has 1 aromatic rings. The molecule has 0 amide bonds. The van der Waals surface area contributed by atoms with Crippen molar-refractivity contribution in [1.29, 1.82) is 0 Å². The van der Waals surface area contributed by atoms with Gasteiger partial charge in [0.05, 0.1) is 4.47 Å². The van der Waals surface area contributed by atoms with Crippen LogP contribution in [0.4, 0.5) is 0 Å². The van der Waals surface area contributed by atoms with E-state index >= 15 is 0 Å². The number of carbonyl (C=O) groups is 1. The van der Waals surface area contributed by atoms with Crippen molar-refractivity contribution in [3.8, 4) is 5.75 Å². The van der Waals surface area contributed by atoms with E-state index in [2.05, 4.69) is 15.9 Å². The van der Waals surface area contributed by atoms with Crippen LogP contribution in [-0.4, -0.2) is 12.4 Å². The highest BCUT2D eigenvalue weighted by atomic mass is 79.9. The Balaban J connectivity index is 2.37. The highest BCUT2D eigenvalue weighted by Gasteiger charge is 2.20. The van der Waals surface area contributed by atoms with E-state index < -0.39 is 0 Å². The molecular weight excluding hydrogens is 232 g/mol. The number of aldehydes is 1. The van der Waals surface area contributed by atoms with Crippen molar-refractivity contribution in [2.75, 3.05) is 0 Å². The molecule has 3 heteroatoms. The van der Waals surface area contributed by atoms with Gasteiger partial charge in [0, 0.05) is 0 Å². The van der Waals surface area contributed by atoms with Crippen molar-refractivity contribution in [3.63, 3.8) is 0 Å². The first kappa shape index (κ1) is 8.75. The molecule has 0 fully saturated rings. The lowest BCUT2D eigenvalue weighted by Crippen LogP contribution is -2.23. The van der Waals surface area contributed by atoms with Gasteiger partial charge in [0.25, 0.3) is 0 Å². The van der Waals surface area contributed by atoms with Gasteiger partial charge in [0.2, 0.25) is 0 Å². The van der Waals surface area contributed by atoms with E-state index in [4.69, 9.17) is 4.74 Å². The van der Waals surface area contributed by atoms with Gasteiger partial charge in [-0.1, -0.05) is 12.1 Å². The Bertz CT molecular complexity index is 336. The van der Waals surface area contributed by atoms with Crippen molar-refractivity contribution in [3.05, 3.63) is 28.2 Å². The molecule has 1 unspecified atom stereocenters. The molecule has 0 radical (unpaired) electrons. The topological polar surface area (TPSA) is 26.3 Å². The largest absolute Gasteiger partial charge is 0.481 e. The monoisotopic (exact) mass is 240 g/mol. The van der Waals surface area contributed by atoms with Crippen LogP contribution in [0.3, 0.4) is 0 Å². The van der Waals surface area contributed by atoms with Gasteiger partial charge in [-0.3, -0.25) is 4.79 Å². The van der Waals surface area contributed by atoms with E-state index in [-0.39, 0.29) is 6.10 Å². The molecule has 2 nitrogen and oxygen atoms in total. The Hall–Kier alpha value is -0.830. The van der Waals surface area contributed by atoms with Gasteiger partial charge < -0.3 is 4.74 Å². The second-order valence-corrected chi connectivity index (χ2v) is 3.91. The lowest BCUT2D eigenvalue weighted by molar-refractivity contribution is -0.114. The highest BCUT2D eigenvalue weighted by Crippen LogP contribution is 2.34. The molecule has 1 aliphatic heterocycles. The molecule has 68 valence electrons. The maximum absolute atomic E-state index is 10.5. The van der Waals surface area contributed by atoms with Crippen molar-refractivity contribution < 1.29 is 9.53 Å². The number of halogens is 1. The standard InChI is InChI=1S/C10H9BrO2/c11-9-3-1-2-7-4-5-8(6-12)13-10(7)9/h1-3,6,8H,4-5H2. The minimum Gasteiger partial charge on any atom is -0.481 e. The summed E-state index contributed by atoms with van der Waals surface area (Å²) in [6.45, 7) is 0. The SMILES string of the molecule is O=CC1CCc2cccc(Br)c2O1. The van der Waals surface area contributed by atoms with Crippen molar-refractivity contribution in [2.24, 2.45) is 0 Å². The lowest BCUT2D eigenvalue weighted by atomic mass is 10.0. The van der Waals surface area contributed by atoms with Crippen LogP contribution in [0.15, 0.2) is 22.7 Å². The fourth-order valence-electron chi connectivity index (χ4n) is 1.49. The number of aryl methyl sites for hydroxylation is 1. The van der Waals surface area contributed by atoms with E-state index in [1.165, 1.54) is 5.56 Å². The summed E-state index contributed by atoms with van der Waals surface area (Å²) in [5, 5.41) is 0. The van der Waals surface area contributed by atoms with Crippen LogP contribution < -0.4 is 4.74 Å². The average Bonchev–Trinajstić information content (AvgIpc) is 2.18. The molecule has 0 saturated carbocycles. The molecule has 1 aliphatic rings. The van der Waals surface area contributed by atoms with Gasteiger partial charge >= 0.3 is 0 Å². The third-order valence-corrected chi connectivity index (χ3v) is 2.79. The normalized spacial score (nSPS) is 20.2. The summed E-state index contributed by atoms with van der Waals surface area (Å²) in [4.78, 5) is 10.5. The van der Waals surface area contributed by atoms with E-state index in [1.807, 2.05) is 18.2 Å². The van der Waals surface area contributed by atoms with E-state index in [0.717, 1.165) is 29.4 Å². The molecule has 0 aromatic heterocycles. The molecular formula is C10H9BrO2. The number of para-hydroxylation sites is 1. The predicted octanol–water partition coefficient (Wildman–Crippen LogP) is 2.34. The molecule has 0 aliphatic carbocycles. The summed E-state index contributed by atoms with van der Waals surface area (Å²) >= 11 is 3.40. The van der Waals surface area contributed by atoms with Gasteiger partial charge in [0.15, 0.2) is 12.4 Å². The van der Waals surface area contributed by atoms with Crippen LogP contribution in [0.1, 0.15) is 12.0 Å². The number of ether oxygens (including phenoxy) is 1. The third-order valence-electron chi connectivity index (χ3n) is 2.17. The first-order chi connectivity index (χ1) is 6.31. The van der Waals surface area contributed by atoms with Gasteiger partial charge in [-0.2, -0.15) is 0 Å². The fourth-order valence-corrected chi connectivity index (χ4v) is 1.99. The van der Waals surface area contributed by atoms with Gasteiger partial charge in [-0.25, -0.2) is 0 Å². The van der Waals surface area contributed by atoms with Gasteiger partial charge in [0.1, 0.15) is 5.75 Å². The molecule has 2 rings (SSSR count). The van der Waals surface area contributed by atoms with Crippen LogP contribution in [0.5, 0.6) is 5.75 Å². The maximum Gasteiger partial charge on any atom is 0.160 e. The Kier molecular flexibility index (Phi) is 2.36. The second-order valence-electron chi connectivity index (χ2n) is 3.06. The minimum atomic E-state index is -0.272. The van der Waals surface area contributed by atoms with Gasteiger partial charge in [-0.15, -0.1) is 0 Å². The Labute approximate surface area is 85.0 Å². The lowest BCUT2D eigenvalue weighted by Gasteiger charge is -2.22. The smallest absolute Gasteiger partial charge is 0.160 e. The highest BCUT2D eigenvalue weighted by molar-refractivity contribution is 9.10. The zero-order valence-corrected chi connectivity index (χ0v) is 8.58. The summed E-state index contributed by atoms with van der Waals surface area (Å²) in [5.41, 5.74) is 1.17. The molecule has 1 aromatic carbocycles. The van der Waals surface area contributed by atoms with Crippen molar-refractivity contribution in [1.82, 2.24) is 0 Å².